The predicted molar refractivity (Wildman–Crippen MR) is 95.3 cm³/mol. The van der Waals surface area contributed by atoms with Crippen LogP contribution in [0.25, 0.3) is 0 Å². The lowest BCUT2D eigenvalue weighted by Crippen LogP contribution is -2.39. The second-order valence-electron chi connectivity index (χ2n) is 6.46. The Labute approximate surface area is 142 Å². The van der Waals surface area contributed by atoms with Gasteiger partial charge in [0.25, 0.3) is 0 Å². The Morgan fingerprint density at radius 2 is 1.17 bits per heavy atom. The topological polar surface area (TPSA) is 69.4 Å². The molecule has 0 fully saturated rings. The minimum atomic E-state index is -1.10. The van der Waals surface area contributed by atoms with Crippen molar-refractivity contribution in [2.75, 3.05) is 7.11 Å². The number of ether oxygens (including phenoxy) is 1. The molecule has 23 heavy (non-hydrogen) atoms. The van der Waals surface area contributed by atoms with E-state index < -0.39 is 12.0 Å². The van der Waals surface area contributed by atoms with E-state index in [0.717, 1.165) is 19.3 Å². The van der Waals surface area contributed by atoms with Gasteiger partial charge in [-0.25, -0.2) is 4.79 Å². The van der Waals surface area contributed by atoms with Crippen LogP contribution in [0.1, 0.15) is 96.8 Å². The number of carbonyl (C=O) groups is 2. The molecule has 0 aliphatic rings. The largest absolute Gasteiger partial charge is 0.468 e. The summed E-state index contributed by atoms with van der Waals surface area (Å²) in [5, 5.41) is 0. The third-order valence-electron chi connectivity index (χ3n) is 4.33. The van der Waals surface area contributed by atoms with Crippen molar-refractivity contribution in [3.8, 4) is 0 Å². The number of hydrogen-bond donors (Lipinski definition) is 1. The summed E-state index contributed by atoms with van der Waals surface area (Å²) in [7, 11) is 1.25. The van der Waals surface area contributed by atoms with Crippen LogP contribution in [0.5, 0.6) is 0 Å². The molecule has 0 aliphatic carbocycles. The number of Topliss-reactive ketones (excluding diaryl/α,β-unsaturated/α-hetero) is 1. The molecule has 1 unspecified atom stereocenters. The van der Waals surface area contributed by atoms with Gasteiger partial charge in [0.1, 0.15) is 0 Å². The summed E-state index contributed by atoms with van der Waals surface area (Å²) in [4.78, 5) is 22.7. The van der Waals surface area contributed by atoms with E-state index in [1.807, 2.05) is 0 Å². The van der Waals surface area contributed by atoms with Gasteiger partial charge < -0.3 is 10.5 Å². The first kappa shape index (κ1) is 22.1. The number of nitrogens with two attached hydrogens (primary N) is 1. The van der Waals surface area contributed by atoms with Gasteiger partial charge in [-0.1, -0.05) is 84.0 Å². The molecule has 0 aromatic rings. The van der Waals surface area contributed by atoms with Crippen LogP contribution in [-0.4, -0.2) is 24.9 Å². The molecule has 0 rings (SSSR count). The van der Waals surface area contributed by atoms with Gasteiger partial charge in [-0.2, -0.15) is 0 Å². The number of unbranched alkanes of at least 4 members (excludes halogenated alkanes) is 12. The van der Waals surface area contributed by atoms with Crippen molar-refractivity contribution >= 4 is 11.8 Å². The Hall–Kier alpha value is -0.900. The van der Waals surface area contributed by atoms with Crippen LogP contribution >= 0.6 is 0 Å². The summed E-state index contributed by atoms with van der Waals surface area (Å²) in [6.45, 7) is 2.25. The first-order valence-electron chi connectivity index (χ1n) is 9.49. The molecule has 0 spiro atoms. The van der Waals surface area contributed by atoms with E-state index in [0.29, 0.717) is 6.42 Å². The van der Waals surface area contributed by atoms with Crippen LogP contribution in [0.4, 0.5) is 0 Å². The van der Waals surface area contributed by atoms with Gasteiger partial charge in [0.2, 0.25) is 0 Å². The van der Waals surface area contributed by atoms with Crippen LogP contribution in [0.3, 0.4) is 0 Å². The zero-order chi connectivity index (χ0) is 17.3. The average molecular weight is 328 g/mol. The van der Waals surface area contributed by atoms with Gasteiger partial charge in [0, 0.05) is 6.42 Å². The molecule has 0 aliphatic heterocycles. The van der Waals surface area contributed by atoms with Crippen LogP contribution in [-0.2, 0) is 14.3 Å². The maximum atomic E-state index is 11.6. The van der Waals surface area contributed by atoms with E-state index in [-0.39, 0.29) is 5.78 Å². The van der Waals surface area contributed by atoms with E-state index in [1.165, 1.54) is 71.3 Å². The Bertz CT molecular complexity index is 305. The van der Waals surface area contributed by atoms with Gasteiger partial charge in [-0.05, 0) is 6.42 Å². The highest BCUT2D eigenvalue weighted by molar-refractivity contribution is 6.02. The van der Waals surface area contributed by atoms with Gasteiger partial charge in [-0.3, -0.25) is 4.79 Å². The lowest BCUT2D eigenvalue weighted by molar-refractivity contribution is -0.145. The second-order valence-corrected chi connectivity index (χ2v) is 6.46. The molecule has 1 atom stereocenters. The van der Waals surface area contributed by atoms with Crippen LogP contribution in [0, 0.1) is 0 Å². The summed E-state index contributed by atoms with van der Waals surface area (Å²) < 4.78 is 4.47. The van der Waals surface area contributed by atoms with Crippen molar-refractivity contribution in [1.82, 2.24) is 0 Å². The number of esters is 1. The van der Waals surface area contributed by atoms with Crippen molar-refractivity contribution in [3.05, 3.63) is 0 Å². The minimum absolute atomic E-state index is 0.208. The maximum Gasteiger partial charge on any atom is 0.330 e. The van der Waals surface area contributed by atoms with Crippen molar-refractivity contribution < 1.29 is 14.3 Å². The van der Waals surface area contributed by atoms with Gasteiger partial charge in [0.15, 0.2) is 11.8 Å². The molecule has 4 nitrogen and oxygen atoms in total. The van der Waals surface area contributed by atoms with E-state index >= 15 is 0 Å². The number of ketones is 1. The molecule has 0 bridgehead atoms. The first-order valence-corrected chi connectivity index (χ1v) is 9.49. The van der Waals surface area contributed by atoms with E-state index in [2.05, 4.69) is 11.7 Å². The number of hydrogen-bond acceptors (Lipinski definition) is 4. The molecule has 0 saturated heterocycles. The zero-order valence-electron chi connectivity index (χ0n) is 15.3. The number of methoxy groups -OCH3 is 1. The standard InChI is InChI=1S/C19H37NO3/c1-3-4-5-6-7-8-9-10-11-12-13-14-15-16-17(21)18(20)19(22)23-2/h18H,3-16,20H2,1-2H3. The molecular weight excluding hydrogens is 290 g/mol. The minimum Gasteiger partial charge on any atom is -0.468 e. The highest BCUT2D eigenvalue weighted by Gasteiger charge is 2.21. The van der Waals surface area contributed by atoms with Crippen molar-refractivity contribution in [2.45, 2.75) is 103 Å². The van der Waals surface area contributed by atoms with E-state index in [4.69, 9.17) is 5.73 Å². The Kier molecular flexibility index (Phi) is 15.4. The monoisotopic (exact) mass is 327 g/mol. The SMILES string of the molecule is CCCCCCCCCCCCCCCC(=O)C(N)C(=O)OC. The average Bonchev–Trinajstić information content (AvgIpc) is 2.57. The molecule has 2 N–H and O–H groups in total. The smallest absolute Gasteiger partial charge is 0.330 e. The zero-order valence-corrected chi connectivity index (χ0v) is 15.3. The third kappa shape index (κ3) is 13.3. The molecule has 0 radical (unpaired) electrons. The number of carbonyl (C=O) groups excluding carboxylic acids is 2. The molecule has 0 aromatic heterocycles. The fourth-order valence-corrected chi connectivity index (χ4v) is 2.73. The van der Waals surface area contributed by atoms with Crippen molar-refractivity contribution in [2.24, 2.45) is 5.73 Å². The van der Waals surface area contributed by atoms with Crippen molar-refractivity contribution in [1.29, 1.82) is 0 Å². The molecule has 136 valence electrons. The summed E-state index contributed by atoms with van der Waals surface area (Å²) >= 11 is 0. The third-order valence-corrected chi connectivity index (χ3v) is 4.33. The quantitative estimate of drug-likeness (QED) is 0.257. The summed E-state index contributed by atoms with van der Waals surface area (Å²) in [6.07, 6.45) is 16.9. The highest BCUT2D eigenvalue weighted by Crippen LogP contribution is 2.13. The highest BCUT2D eigenvalue weighted by atomic mass is 16.5. The van der Waals surface area contributed by atoms with Crippen LogP contribution < -0.4 is 5.73 Å². The van der Waals surface area contributed by atoms with Gasteiger partial charge >= 0.3 is 5.97 Å². The van der Waals surface area contributed by atoms with E-state index in [1.54, 1.807) is 0 Å². The number of rotatable bonds is 16. The Morgan fingerprint density at radius 1 is 0.783 bits per heavy atom. The lowest BCUT2D eigenvalue weighted by atomic mass is 10.0. The van der Waals surface area contributed by atoms with Gasteiger partial charge in [0.05, 0.1) is 7.11 Å². The fourth-order valence-electron chi connectivity index (χ4n) is 2.73. The fraction of sp³-hybridized carbons (Fsp3) is 0.895. The Morgan fingerprint density at radius 3 is 1.57 bits per heavy atom. The lowest BCUT2D eigenvalue weighted by Gasteiger charge is -2.07. The normalized spacial score (nSPS) is 12.1. The van der Waals surface area contributed by atoms with E-state index in [9.17, 15) is 9.59 Å². The van der Waals surface area contributed by atoms with Crippen LogP contribution in [0.15, 0.2) is 0 Å². The van der Waals surface area contributed by atoms with Crippen LogP contribution in [0.2, 0.25) is 0 Å². The van der Waals surface area contributed by atoms with Crippen molar-refractivity contribution in [3.63, 3.8) is 0 Å². The Balaban J connectivity index is 3.27. The summed E-state index contributed by atoms with van der Waals surface area (Å²) in [6, 6.07) is -1.10. The molecule has 0 aromatic carbocycles. The summed E-state index contributed by atoms with van der Waals surface area (Å²) in [5.74, 6) is -0.843. The van der Waals surface area contributed by atoms with Gasteiger partial charge in [-0.15, -0.1) is 0 Å². The summed E-state index contributed by atoms with van der Waals surface area (Å²) in [5.41, 5.74) is 5.49. The molecule has 0 heterocycles. The molecule has 0 saturated carbocycles. The molecule has 0 amide bonds. The molecule has 4 heteroatoms. The second kappa shape index (κ2) is 16.0. The first-order chi connectivity index (χ1) is 11.1. The maximum absolute atomic E-state index is 11.6. The molecular formula is C19H37NO3. The predicted octanol–water partition coefficient (Wildman–Crippen LogP) is 4.54.